The van der Waals surface area contributed by atoms with Gasteiger partial charge in [-0.05, 0) is 73.9 Å². The van der Waals surface area contributed by atoms with Gasteiger partial charge >= 0.3 is 0 Å². The van der Waals surface area contributed by atoms with E-state index in [0.717, 1.165) is 66.5 Å². The fourth-order valence-electron chi connectivity index (χ4n) is 6.65. The molecule has 2 N–H and O–H groups in total. The van der Waals surface area contributed by atoms with Crippen LogP contribution in [-0.2, 0) is 9.47 Å². The molecule has 2 saturated heterocycles. The number of nitrogens with zero attached hydrogens (tertiary/aromatic N) is 2. The monoisotopic (exact) mass is 501 g/mol. The van der Waals surface area contributed by atoms with Gasteiger partial charge < -0.3 is 24.6 Å². The molecule has 4 heterocycles. The highest BCUT2D eigenvalue weighted by Gasteiger charge is 2.45. The highest BCUT2D eigenvalue weighted by Crippen LogP contribution is 2.43. The van der Waals surface area contributed by atoms with Gasteiger partial charge in [0.05, 0.1) is 31.3 Å². The minimum atomic E-state index is -0.0685. The van der Waals surface area contributed by atoms with E-state index in [1.807, 2.05) is 24.4 Å². The van der Waals surface area contributed by atoms with Crippen LogP contribution in [-0.4, -0.2) is 52.9 Å². The second-order valence-corrected chi connectivity index (χ2v) is 10.3. The summed E-state index contributed by atoms with van der Waals surface area (Å²) in [5.41, 5.74) is 3.37. The lowest BCUT2D eigenvalue weighted by Gasteiger charge is -2.44. The van der Waals surface area contributed by atoms with Crippen LogP contribution < -0.4 is 10.1 Å². The molecule has 4 aliphatic rings. The van der Waals surface area contributed by atoms with Crippen molar-refractivity contribution in [3.05, 3.63) is 84.4 Å². The summed E-state index contributed by atoms with van der Waals surface area (Å²) in [6.07, 6.45) is 19.7. The number of pyridine rings is 1. The zero-order valence-corrected chi connectivity index (χ0v) is 21.3. The van der Waals surface area contributed by atoms with Crippen LogP contribution in [0, 0.1) is 0 Å². The van der Waals surface area contributed by atoms with E-state index in [1.54, 1.807) is 25.9 Å². The first-order valence-electron chi connectivity index (χ1n) is 13.3. The molecule has 1 aromatic heterocycles. The molecule has 194 valence electrons. The van der Waals surface area contributed by atoms with Crippen molar-refractivity contribution in [3.63, 3.8) is 0 Å². The molecule has 0 saturated carbocycles. The Labute approximate surface area is 218 Å². The van der Waals surface area contributed by atoms with Gasteiger partial charge in [-0.2, -0.15) is 0 Å². The number of hydrogen-bond acceptors (Lipinski definition) is 7. The summed E-state index contributed by atoms with van der Waals surface area (Å²) < 4.78 is 16.8. The standard InChI is InChI=1S/C30H35N3O4/c1-35-24-9-10-27-26(17-24)25(11-12-31-27)28(18-34)33-22-7-8-23(33)16-21(15-22)32-30(20-5-3-2-4-6-20)29-19-36-13-14-37-29/h2-3,5,9-14,17,19,21-23,28,30,32,34H,4,6-8,15-16,18H2,1H3. The van der Waals surface area contributed by atoms with Gasteiger partial charge in [0.15, 0.2) is 5.76 Å². The molecular weight excluding hydrogens is 466 g/mol. The minimum Gasteiger partial charge on any atom is -0.497 e. The SMILES string of the molecule is COc1ccc2nccc(C(CO)N3C4CCC3CC(NC(C3=CC=CCC3)C3=COC=CO3)C4)c2c1. The van der Waals surface area contributed by atoms with E-state index in [2.05, 4.69) is 39.5 Å². The van der Waals surface area contributed by atoms with E-state index in [9.17, 15) is 5.11 Å². The van der Waals surface area contributed by atoms with Crippen LogP contribution >= 0.6 is 0 Å². The fraction of sp³-hybridized carbons (Fsp3) is 0.433. The molecule has 0 spiro atoms. The van der Waals surface area contributed by atoms with Crippen LogP contribution in [0.3, 0.4) is 0 Å². The molecule has 3 aliphatic heterocycles. The van der Waals surface area contributed by atoms with Gasteiger partial charge in [0.1, 0.15) is 24.5 Å². The lowest BCUT2D eigenvalue weighted by Crippen LogP contribution is -2.53. The van der Waals surface area contributed by atoms with Gasteiger partial charge in [0.25, 0.3) is 0 Å². The third-order valence-electron chi connectivity index (χ3n) is 8.29. The Bertz CT molecular complexity index is 1240. The Morgan fingerprint density at radius 3 is 2.76 bits per heavy atom. The third-order valence-corrected chi connectivity index (χ3v) is 8.29. The Kier molecular flexibility index (Phi) is 7.00. The van der Waals surface area contributed by atoms with Crippen molar-refractivity contribution in [1.82, 2.24) is 15.2 Å². The average molecular weight is 502 g/mol. The second-order valence-electron chi connectivity index (χ2n) is 10.3. The first-order chi connectivity index (χ1) is 18.2. The molecule has 2 aromatic rings. The van der Waals surface area contributed by atoms with Crippen LogP contribution in [0.5, 0.6) is 5.75 Å². The van der Waals surface area contributed by atoms with Gasteiger partial charge in [-0.15, -0.1) is 0 Å². The van der Waals surface area contributed by atoms with Gasteiger partial charge in [-0.3, -0.25) is 9.88 Å². The second kappa shape index (κ2) is 10.7. The lowest BCUT2D eigenvalue weighted by atomic mass is 9.90. The number of methoxy groups -OCH3 is 1. The Morgan fingerprint density at radius 2 is 2.05 bits per heavy atom. The number of aliphatic hydroxyl groups excluding tert-OH is 1. The molecule has 0 radical (unpaired) electrons. The number of ether oxygens (including phenoxy) is 3. The third kappa shape index (κ3) is 4.79. The predicted octanol–water partition coefficient (Wildman–Crippen LogP) is 4.87. The van der Waals surface area contributed by atoms with Crippen molar-refractivity contribution in [2.24, 2.45) is 0 Å². The van der Waals surface area contributed by atoms with Gasteiger partial charge in [-0.1, -0.05) is 18.2 Å². The lowest BCUT2D eigenvalue weighted by molar-refractivity contribution is 0.0370. The largest absolute Gasteiger partial charge is 0.497 e. The van der Waals surface area contributed by atoms with Crippen LogP contribution in [0.25, 0.3) is 10.9 Å². The molecule has 4 unspecified atom stereocenters. The number of aromatic nitrogens is 1. The molecule has 7 nitrogen and oxygen atoms in total. The molecule has 2 bridgehead atoms. The molecule has 4 atom stereocenters. The minimum absolute atomic E-state index is 0.00362. The Balaban J connectivity index is 1.24. The van der Waals surface area contributed by atoms with Crippen molar-refractivity contribution in [2.45, 2.75) is 68.7 Å². The first-order valence-corrected chi connectivity index (χ1v) is 13.3. The Morgan fingerprint density at radius 1 is 1.19 bits per heavy atom. The maximum absolute atomic E-state index is 10.7. The summed E-state index contributed by atoms with van der Waals surface area (Å²) in [5, 5.41) is 15.6. The van der Waals surface area contributed by atoms with E-state index in [0.29, 0.717) is 18.1 Å². The van der Waals surface area contributed by atoms with Gasteiger partial charge in [0.2, 0.25) is 0 Å². The normalized spacial score (nSPS) is 26.7. The molecule has 2 fully saturated rings. The number of aliphatic hydroxyl groups is 1. The van der Waals surface area contributed by atoms with Crippen LogP contribution in [0.15, 0.2) is 78.8 Å². The molecule has 37 heavy (non-hydrogen) atoms. The van der Waals surface area contributed by atoms with E-state index >= 15 is 0 Å². The summed E-state index contributed by atoms with van der Waals surface area (Å²) in [6, 6.07) is 9.13. The fourth-order valence-corrected chi connectivity index (χ4v) is 6.65. The molecule has 1 aromatic carbocycles. The number of nitrogens with one attached hydrogen (secondary N) is 1. The summed E-state index contributed by atoms with van der Waals surface area (Å²) in [7, 11) is 1.68. The van der Waals surface area contributed by atoms with Gasteiger partial charge in [0, 0.05) is 29.7 Å². The number of allylic oxidation sites excluding steroid dienone is 3. The van der Waals surface area contributed by atoms with Crippen LogP contribution in [0.2, 0.25) is 0 Å². The summed E-state index contributed by atoms with van der Waals surface area (Å²) in [6.45, 7) is 0.0770. The van der Waals surface area contributed by atoms with Crippen molar-refractivity contribution >= 4 is 10.9 Å². The molecule has 0 amide bonds. The number of fused-ring (bicyclic) bond motifs is 3. The molecular formula is C30H35N3O4. The van der Waals surface area contributed by atoms with Crippen LogP contribution in [0.1, 0.15) is 50.1 Å². The quantitative estimate of drug-likeness (QED) is 0.535. The van der Waals surface area contributed by atoms with Crippen molar-refractivity contribution in [2.75, 3.05) is 13.7 Å². The zero-order valence-electron chi connectivity index (χ0n) is 21.3. The number of rotatable bonds is 8. The maximum Gasteiger partial charge on any atom is 0.159 e. The maximum atomic E-state index is 10.7. The first kappa shape index (κ1) is 24.2. The predicted molar refractivity (Wildman–Crippen MR) is 143 cm³/mol. The summed E-state index contributed by atoms with van der Waals surface area (Å²) in [4.78, 5) is 7.13. The highest BCUT2D eigenvalue weighted by atomic mass is 16.5. The number of piperidine rings is 1. The number of hydrogen-bond donors (Lipinski definition) is 2. The topological polar surface area (TPSA) is 76.1 Å². The van der Waals surface area contributed by atoms with E-state index < -0.39 is 0 Å². The smallest absolute Gasteiger partial charge is 0.159 e. The molecule has 6 rings (SSSR count). The summed E-state index contributed by atoms with van der Waals surface area (Å²) >= 11 is 0. The van der Waals surface area contributed by atoms with Crippen molar-refractivity contribution in [1.29, 1.82) is 0 Å². The summed E-state index contributed by atoms with van der Waals surface area (Å²) in [5.74, 6) is 1.62. The van der Waals surface area contributed by atoms with Crippen molar-refractivity contribution in [3.8, 4) is 5.75 Å². The van der Waals surface area contributed by atoms with E-state index in [-0.39, 0.29) is 18.7 Å². The number of benzene rings is 1. The van der Waals surface area contributed by atoms with E-state index in [1.165, 1.54) is 5.57 Å². The van der Waals surface area contributed by atoms with E-state index in [4.69, 9.17) is 14.2 Å². The zero-order chi connectivity index (χ0) is 25.2. The van der Waals surface area contributed by atoms with Crippen molar-refractivity contribution < 1.29 is 19.3 Å². The van der Waals surface area contributed by atoms with Gasteiger partial charge in [-0.25, -0.2) is 0 Å². The highest BCUT2D eigenvalue weighted by molar-refractivity contribution is 5.84. The molecule has 1 aliphatic carbocycles. The molecule has 7 heteroatoms. The Hall–Kier alpha value is -3.13. The van der Waals surface area contributed by atoms with Crippen LogP contribution in [0.4, 0.5) is 0 Å². The average Bonchev–Trinajstić information content (AvgIpc) is 3.21.